The second kappa shape index (κ2) is 5.21. The summed E-state index contributed by atoms with van der Waals surface area (Å²) < 4.78 is 1.10. The minimum Gasteiger partial charge on any atom is -0.356 e. The fraction of sp³-hybridized carbons (Fsp3) is 0.250. The molecule has 24 heavy (non-hydrogen) atoms. The van der Waals surface area contributed by atoms with E-state index < -0.39 is 0 Å². The molecule has 1 aliphatic carbocycles. The number of hydrogen-bond acceptors (Lipinski definition) is 1. The molecule has 1 amide bonds. The lowest BCUT2D eigenvalue weighted by Crippen LogP contribution is -2.31. The number of benzene rings is 2. The summed E-state index contributed by atoms with van der Waals surface area (Å²) in [5, 5.41) is 1.29. The highest BCUT2D eigenvalue weighted by molar-refractivity contribution is 9.10. The molecule has 4 heteroatoms. The van der Waals surface area contributed by atoms with E-state index in [0.29, 0.717) is 0 Å². The van der Waals surface area contributed by atoms with Crippen LogP contribution in [0, 0.1) is 0 Å². The molecule has 3 nitrogen and oxygen atoms in total. The lowest BCUT2D eigenvalue weighted by molar-refractivity contribution is 0.0679. The summed E-state index contributed by atoms with van der Waals surface area (Å²) in [6.45, 7) is 0.720. The summed E-state index contributed by atoms with van der Waals surface area (Å²) in [5.41, 5.74) is 5.79. The third kappa shape index (κ3) is 1.99. The number of hydrogen-bond donors (Lipinski definition) is 1. The summed E-state index contributed by atoms with van der Waals surface area (Å²) in [6.07, 6.45) is 3.23. The molecular weight excluding hydrogens is 364 g/mol. The number of nitrogens with one attached hydrogen (secondary N) is 1. The van der Waals surface area contributed by atoms with E-state index in [-0.39, 0.29) is 11.9 Å². The molecule has 2 aliphatic rings. The number of amides is 1. The number of H-pyrrole nitrogens is 1. The summed E-state index contributed by atoms with van der Waals surface area (Å²) in [5.74, 6) is 0.170. The predicted molar refractivity (Wildman–Crippen MR) is 98.0 cm³/mol. The largest absolute Gasteiger partial charge is 0.356 e. The first-order valence-electron chi connectivity index (χ1n) is 8.41. The van der Waals surface area contributed by atoms with Crippen LogP contribution in [0.3, 0.4) is 0 Å². The van der Waals surface area contributed by atoms with Crippen molar-refractivity contribution in [2.24, 2.45) is 0 Å². The first kappa shape index (κ1) is 14.3. The Hall–Kier alpha value is -2.07. The number of halogens is 1. The van der Waals surface area contributed by atoms with Gasteiger partial charge in [-0.25, -0.2) is 0 Å². The van der Waals surface area contributed by atoms with Gasteiger partial charge in [0, 0.05) is 33.2 Å². The van der Waals surface area contributed by atoms with Crippen LogP contribution in [-0.4, -0.2) is 15.8 Å². The van der Waals surface area contributed by atoms with Crippen molar-refractivity contribution in [2.45, 2.75) is 31.8 Å². The molecule has 1 aromatic heterocycles. The SMILES string of the molecule is O=C1c2ccccc2CN1C1CCCc2c1[nH]c1ccc(Br)cc21. The maximum atomic E-state index is 12.9. The van der Waals surface area contributed by atoms with E-state index in [0.717, 1.165) is 41.4 Å². The van der Waals surface area contributed by atoms with Gasteiger partial charge >= 0.3 is 0 Å². The van der Waals surface area contributed by atoms with Crippen LogP contribution >= 0.6 is 15.9 Å². The number of fused-ring (bicyclic) bond motifs is 4. The second-order valence-electron chi connectivity index (χ2n) is 6.71. The normalized spacial score (nSPS) is 19.6. The fourth-order valence-corrected chi connectivity index (χ4v) is 4.61. The zero-order valence-electron chi connectivity index (χ0n) is 13.2. The molecule has 120 valence electrons. The van der Waals surface area contributed by atoms with Gasteiger partial charge in [0.2, 0.25) is 0 Å². The Labute approximate surface area is 148 Å². The molecule has 1 N–H and O–H groups in total. The van der Waals surface area contributed by atoms with Crippen LogP contribution in [0.2, 0.25) is 0 Å². The Morgan fingerprint density at radius 3 is 2.92 bits per heavy atom. The average molecular weight is 381 g/mol. The van der Waals surface area contributed by atoms with E-state index in [2.05, 4.69) is 45.2 Å². The Morgan fingerprint density at radius 2 is 2.04 bits per heavy atom. The molecule has 2 aromatic carbocycles. The summed E-state index contributed by atoms with van der Waals surface area (Å²) in [4.78, 5) is 18.5. The summed E-state index contributed by atoms with van der Waals surface area (Å²) in [6, 6.07) is 14.5. The van der Waals surface area contributed by atoms with Crippen LogP contribution in [0.15, 0.2) is 46.9 Å². The Kier molecular flexibility index (Phi) is 3.10. The van der Waals surface area contributed by atoms with Crippen molar-refractivity contribution in [1.82, 2.24) is 9.88 Å². The van der Waals surface area contributed by atoms with Crippen molar-refractivity contribution in [1.29, 1.82) is 0 Å². The van der Waals surface area contributed by atoms with Gasteiger partial charge in [-0.1, -0.05) is 34.1 Å². The molecule has 2 heterocycles. The highest BCUT2D eigenvalue weighted by atomic mass is 79.9. The minimum absolute atomic E-state index is 0.153. The van der Waals surface area contributed by atoms with E-state index in [9.17, 15) is 4.79 Å². The molecular formula is C20H17BrN2O. The van der Waals surface area contributed by atoms with Gasteiger partial charge in [-0.05, 0) is 54.7 Å². The topological polar surface area (TPSA) is 36.1 Å². The van der Waals surface area contributed by atoms with Crippen molar-refractivity contribution < 1.29 is 4.79 Å². The van der Waals surface area contributed by atoms with Crippen LogP contribution in [0.25, 0.3) is 10.9 Å². The Balaban J connectivity index is 1.61. The quantitative estimate of drug-likeness (QED) is 0.635. The third-order valence-corrected chi connectivity index (χ3v) is 5.86. The van der Waals surface area contributed by atoms with E-state index >= 15 is 0 Å². The molecule has 3 aromatic rings. The van der Waals surface area contributed by atoms with Crippen molar-refractivity contribution in [3.8, 4) is 0 Å². The number of carbonyl (C=O) groups excluding carboxylic acids is 1. The Morgan fingerprint density at radius 1 is 1.17 bits per heavy atom. The molecule has 0 saturated carbocycles. The van der Waals surface area contributed by atoms with Gasteiger partial charge in [0.15, 0.2) is 0 Å². The van der Waals surface area contributed by atoms with Gasteiger partial charge < -0.3 is 9.88 Å². The van der Waals surface area contributed by atoms with E-state index in [1.54, 1.807) is 0 Å². The van der Waals surface area contributed by atoms with E-state index in [4.69, 9.17) is 0 Å². The van der Waals surface area contributed by atoms with E-state index in [1.165, 1.54) is 22.2 Å². The number of rotatable bonds is 1. The second-order valence-corrected chi connectivity index (χ2v) is 7.62. The van der Waals surface area contributed by atoms with Crippen molar-refractivity contribution in [3.63, 3.8) is 0 Å². The Bertz CT molecular complexity index is 975. The van der Waals surface area contributed by atoms with Crippen molar-refractivity contribution in [2.75, 3.05) is 0 Å². The van der Waals surface area contributed by atoms with Gasteiger partial charge in [0.05, 0.1) is 6.04 Å². The van der Waals surface area contributed by atoms with Crippen LogP contribution in [-0.2, 0) is 13.0 Å². The smallest absolute Gasteiger partial charge is 0.255 e. The predicted octanol–water partition coefficient (Wildman–Crippen LogP) is 4.96. The minimum atomic E-state index is 0.153. The van der Waals surface area contributed by atoms with Crippen molar-refractivity contribution in [3.05, 3.63) is 69.3 Å². The number of aromatic amines is 1. The molecule has 1 atom stereocenters. The van der Waals surface area contributed by atoms with Crippen LogP contribution in [0.4, 0.5) is 0 Å². The lowest BCUT2D eigenvalue weighted by Gasteiger charge is -2.31. The highest BCUT2D eigenvalue weighted by Gasteiger charge is 2.36. The number of carbonyl (C=O) groups is 1. The molecule has 1 aliphatic heterocycles. The maximum absolute atomic E-state index is 12.9. The van der Waals surface area contributed by atoms with Crippen LogP contribution in [0.5, 0.6) is 0 Å². The highest BCUT2D eigenvalue weighted by Crippen LogP contribution is 2.41. The zero-order chi connectivity index (χ0) is 16.3. The van der Waals surface area contributed by atoms with Crippen molar-refractivity contribution >= 4 is 32.7 Å². The van der Waals surface area contributed by atoms with Gasteiger partial charge in [-0.3, -0.25) is 4.79 Å². The molecule has 5 rings (SSSR count). The molecule has 0 saturated heterocycles. The fourth-order valence-electron chi connectivity index (χ4n) is 4.25. The maximum Gasteiger partial charge on any atom is 0.255 e. The van der Waals surface area contributed by atoms with Crippen LogP contribution < -0.4 is 0 Å². The molecule has 0 bridgehead atoms. The first-order chi connectivity index (χ1) is 11.7. The number of aromatic nitrogens is 1. The number of aryl methyl sites for hydroxylation is 1. The molecule has 0 radical (unpaired) electrons. The van der Waals surface area contributed by atoms with Gasteiger partial charge in [0.25, 0.3) is 5.91 Å². The third-order valence-electron chi connectivity index (χ3n) is 5.36. The monoisotopic (exact) mass is 380 g/mol. The van der Waals surface area contributed by atoms with Gasteiger partial charge in [-0.2, -0.15) is 0 Å². The first-order valence-corrected chi connectivity index (χ1v) is 9.20. The van der Waals surface area contributed by atoms with E-state index in [1.807, 2.05) is 23.1 Å². The standard InChI is InChI=1S/C20H17BrN2O/c21-13-8-9-17-16(10-13)15-6-3-7-18(19(15)22-17)23-11-12-4-1-2-5-14(12)20(23)24/h1-2,4-5,8-10,18,22H,3,6-7,11H2. The lowest BCUT2D eigenvalue weighted by atomic mass is 9.91. The number of nitrogens with zero attached hydrogens (tertiary/aromatic N) is 1. The van der Waals surface area contributed by atoms with Gasteiger partial charge in [-0.15, -0.1) is 0 Å². The molecule has 0 fully saturated rings. The van der Waals surface area contributed by atoms with Gasteiger partial charge in [0.1, 0.15) is 0 Å². The molecule has 1 unspecified atom stereocenters. The van der Waals surface area contributed by atoms with Crippen LogP contribution in [0.1, 0.15) is 46.1 Å². The summed E-state index contributed by atoms with van der Waals surface area (Å²) in [7, 11) is 0. The molecule has 0 spiro atoms. The zero-order valence-corrected chi connectivity index (χ0v) is 14.8. The average Bonchev–Trinajstić information content (AvgIpc) is 3.13. The summed E-state index contributed by atoms with van der Waals surface area (Å²) >= 11 is 3.58.